The third-order valence-electron chi connectivity index (χ3n) is 4.41. The first-order valence-electron chi connectivity index (χ1n) is 8.89. The highest BCUT2D eigenvalue weighted by Crippen LogP contribution is 2.25. The first-order valence-corrected chi connectivity index (χ1v) is 8.89. The lowest BCUT2D eigenvalue weighted by Gasteiger charge is -2.09. The lowest BCUT2D eigenvalue weighted by atomic mass is 10.1. The van der Waals surface area contributed by atoms with Gasteiger partial charge in [-0.3, -0.25) is 4.79 Å². The summed E-state index contributed by atoms with van der Waals surface area (Å²) in [6.45, 7) is 2.01. The van der Waals surface area contributed by atoms with Crippen molar-refractivity contribution in [2.24, 2.45) is 0 Å². The standard InChI is InChI=1S/C23H18FN3O/c1-16-7-13-20(14-8-16)27-22(15-21(26-27)17-5-3-2-4-6-17)25-23(28)18-9-11-19(24)12-10-18/h2-15H,1H3,(H,25,28). The molecule has 0 bridgehead atoms. The molecule has 0 aliphatic heterocycles. The average Bonchev–Trinajstić information content (AvgIpc) is 3.13. The molecule has 5 heteroatoms. The van der Waals surface area contributed by atoms with Gasteiger partial charge < -0.3 is 5.32 Å². The Kier molecular flexibility index (Phi) is 4.72. The SMILES string of the molecule is Cc1ccc(-n2nc(-c3ccccc3)cc2NC(=O)c2ccc(F)cc2)cc1. The maximum absolute atomic E-state index is 13.1. The van der Waals surface area contributed by atoms with E-state index < -0.39 is 0 Å². The Labute approximate surface area is 162 Å². The van der Waals surface area contributed by atoms with E-state index in [2.05, 4.69) is 10.4 Å². The largest absolute Gasteiger partial charge is 0.306 e. The molecule has 0 atom stereocenters. The van der Waals surface area contributed by atoms with Crippen molar-refractivity contribution < 1.29 is 9.18 Å². The molecule has 0 aliphatic carbocycles. The molecule has 4 aromatic rings. The van der Waals surface area contributed by atoms with Crippen LogP contribution in [-0.2, 0) is 0 Å². The Morgan fingerprint density at radius 1 is 0.929 bits per heavy atom. The Bertz CT molecular complexity index is 1100. The van der Waals surface area contributed by atoms with Gasteiger partial charge in [0.2, 0.25) is 0 Å². The van der Waals surface area contributed by atoms with Gasteiger partial charge in [0, 0.05) is 17.2 Å². The number of hydrogen-bond acceptors (Lipinski definition) is 2. The summed E-state index contributed by atoms with van der Waals surface area (Å²) in [6.07, 6.45) is 0. The summed E-state index contributed by atoms with van der Waals surface area (Å²) in [5, 5.41) is 7.57. The number of anilines is 1. The maximum atomic E-state index is 13.1. The maximum Gasteiger partial charge on any atom is 0.256 e. The van der Waals surface area contributed by atoms with E-state index in [9.17, 15) is 9.18 Å². The van der Waals surface area contributed by atoms with Crippen LogP contribution in [0.25, 0.3) is 16.9 Å². The number of carbonyl (C=O) groups excluding carboxylic acids is 1. The minimum atomic E-state index is -0.382. The number of halogens is 1. The molecule has 3 aromatic carbocycles. The van der Waals surface area contributed by atoms with Crippen LogP contribution < -0.4 is 5.32 Å². The van der Waals surface area contributed by atoms with Crippen molar-refractivity contribution >= 4 is 11.7 Å². The zero-order valence-corrected chi connectivity index (χ0v) is 15.3. The molecule has 0 saturated heterocycles. The fourth-order valence-electron chi connectivity index (χ4n) is 2.89. The van der Waals surface area contributed by atoms with Gasteiger partial charge in [-0.1, -0.05) is 48.0 Å². The highest BCUT2D eigenvalue weighted by Gasteiger charge is 2.15. The molecule has 1 amide bonds. The van der Waals surface area contributed by atoms with Crippen molar-refractivity contribution in [3.05, 3.63) is 102 Å². The average molecular weight is 371 g/mol. The molecule has 0 saturated carbocycles. The number of nitrogens with zero attached hydrogens (tertiary/aromatic N) is 2. The molecule has 0 fully saturated rings. The van der Waals surface area contributed by atoms with E-state index in [0.29, 0.717) is 11.4 Å². The molecule has 138 valence electrons. The van der Waals surface area contributed by atoms with E-state index in [-0.39, 0.29) is 11.7 Å². The molecular formula is C23H18FN3O. The molecule has 0 aliphatic rings. The predicted molar refractivity (Wildman–Crippen MR) is 108 cm³/mol. The van der Waals surface area contributed by atoms with Crippen LogP contribution in [0.1, 0.15) is 15.9 Å². The molecule has 0 spiro atoms. The summed E-state index contributed by atoms with van der Waals surface area (Å²) >= 11 is 0. The number of carbonyl (C=O) groups is 1. The van der Waals surface area contributed by atoms with Crippen LogP contribution in [-0.4, -0.2) is 15.7 Å². The van der Waals surface area contributed by atoms with Crippen LogP contribution in [0, 0.1) is 12.7 Å². The topological polar surface area (TPSA) is 46.9 Å². The second kappa shape index (κ2) is 7.48. The molecule has 4 nitrogen and oxygen atoms in total. The fraction of sp³-hybridized carbons (Fsp3) is 0.0435. The van der Waals surface area contributed by atoms with Crippen LogP contribution >= 0.6 is 0 Å². The molecule has 4 rings (SSSR count). The summed E-state index contributed by atoms with van der Waals surface area (Å²) < 4.78 is 14.8. The van der Waals surface area contributed by atoms with E-state index in [1.165, 1.54) is 24.3 Å². The number of aryl methyl sites for hydroxylation is 1. The van der Waals surface area contributed by atoms with E-state index in [0.717, 1.165) is 22.5 Å². The van der Waals surface area contributed by atoms with Crippen LogP contribution in [0.4, 0.5) is 10.2 Å². The highest BCUT2D eigenvalue weighted by atomic mass is 19.1. The van der Waals surface area contributed by atoms with Crippen molar-refractivity contribution in [2.75, 3.05) is 5.32 Å². The summed E-state index contributed by atoms with van der Waals surface area (Å²) in [5.74, 6) is -0.169. The normalized spacial score (nSPS) is 10.6. The minimum Gasteiger partial charge on any atom is -0.306 e. The van der Waals surface area contributed by atoms with Crippen LogP contribution in [0.5, 0.6) is 0 Å². The summed E-state index contributed by atoms with van der Waals surface area (Å²) in [6, 6.07) is 24.9. The third-order valence-corrected chi connectivity index (χ3v) is 4.41. The van der Waals surface area contributed by atoms with Crippen molar-refractivity contribution in [1.82, 2.24) is 9.78 Å². The first-order chi connectivity index (χ1) is 13.6. The third kappa shape index (κ3) is 3.69. The van der Waals surface area contributed by atoms with Crippen molar-refractivity contribution in [3.8, 4) is 16.9 Å². The number of aromatic nitrogens is 2. The zero-order valence-electron chi connectivity index (χ0n) is 15.3. The predicted octanol–water partition coefficient (Wildman–Crippen LogP) is 5.24. The second-order valence-corrected chi connectivity index (χ2v) is 6.49. The van der Waals surface area contributed by atoms with Gasteiger partial charge in [0.25, 0.3) is 5.91 Å². The van der Waals surface area contributed by atoms with Gasteiger partial charge in [0.15, 0.2) is 0 Å². The van der Waals surface area contributed by atoms with Crippen LogP contribution in [0.2, 0.25) is 0 Å². The Balaban J connectivity index is 1.73. The smallest absolute Gasteiger partial charge is 0.256 e. The van der Waals surface area contributed by atoms with Gasteiger partial charge in [-0.25, -0.2) is 9.07 Å². The van der Waals surface area contributed by atoms with Gasteiger partial charge in [-0.15, -0.1) is 0 Å². The molecule has 1 aromatic heterocycles. The van der Waals surface area contributed by atoms with Gasteiger partial charge in [0.05, 0.1) is 11.4 Å². The fourth-order valence-corrected chi connectivity index (χ4v) is 2.89. The summed E-state index contributed by atoms with van der Waals surface area (Å²) in [5.41, 5.74) is 4.04. The molecule has 1 heterocycles. The lowest BCUT2D eigenvalue weighted by Crippen LogP contribution is -2.15. The number of rotatable bonds is 4. The molecule has 0 radical (unpaired) electrons. The van der Waals surface area contributed by atoms with E-state index in [1.54, 1.807) is 4.68 Å². The van der Waals surface area contributed by atoms with Crippen molar-refractivity contribution in [3.63, 3.8) is 0 Å². The number of benzene rings is 3. The van der Waals surface area contributed by atoms with E-state index in [1.807, 2.05) is 67.6 Å². The Morgan fingerprint density at radius 3 is 2.29 bits per heavy atom. The van der Waals surface area contributed by atoms with Crippen molar-refractivity contribution in [2.45, 2.75) is 6.92 Å². The highest BCUT2D eigenvalue weighted by molar-refractivity contribution is 6.04. The minimum absolute atomic E-state index is 0.326. The monoisotopic (exact) mass is 371 g/mol. The summed E-state index contributed by atoms with van der Waals surface area (Å²) in [7, 11) is 0. The number of nitrogens with one attached hydrogen (secondary N) is 1. The first kappa shape index (κ1) is 17.7. The van der Waals surface area contributed by atoms with E-state index in [4.69, 9.17) is 0 Å². The van der Waals surface area contributed by atoms with Gasteiger partial charge >= 0.3 is 0 Å². The zero-order chi connectivity index (χ0) is 19.5. The molecule has 1 N–H and O–H groups in total. The van der Waals surface area contributed by atoms with Gasteiger partial charge in [-0.05, 0) is 43.3 Å². The Morgan fingerprint density at radius 2 is 1.61 bits per heavy atom. The lowest BCUT2D eigenvalue weighted by molar-refractivity contribution is 0.102. The quantitative estimate of drug-likeness (QED) is 0.533. The van der Waals surface area contributed by atoms with Crippen molar-refractivity contribution in [1.29, 1.82) is 0 Å². The molecule has 0 unspecified atom stereocenters. The van der Waals surface area contributed by atoms with E-state index >= 15 is 0 Å². The van der Waals surface area contributed by atoms with Gasteiger partial charge in [-0.2, -0.15) is 5.10 Å². The molecular weight excluding hydrogens is 353 g/mol. The number of amides is 1. The second-order valence-electron chi connectivity index (χ2n) is 6.49. The summed E-state index contributed by atoms with van der Waals surface area (Å²) in [4.78, 5) is 12.6. The molecule has 28 heavy (non-hydrogen) atoms. The van der Waals surface area contributed by atoms with Crippen LogP contribution in [0.15, 0.2) is 84.9 Å². The van der Waals surface area contributed by atoms with Gasteiger partial charge in [0.1, 0.15) is 11.6 Å². The number of hydrogen-bond donors (Lipinski definition) is 1. The van der Waals surface area contributed by atoms with Crippen LogP contribution in [0.3, 0.4) is 0 Å². The Hall–Kier alpha value is -3.73.